The van der Waals surface area contributed by atoms with Gasteiger partial charge in [0.2, 0.25) is 0 Å². The quantitative estimate of drug-likeness (QED) is 0.564. The first kappa shape index (κ1) is 26.9. The lowest BCUT2D eigenvalue weighted by atomic mass is 9.87. The summed E-state index contributed by atoms with van der Waals surface area (Å²) in [5.41, 5.74) is 1.58. The molecule has 0 saturated carbocycles. The van der Waals surface area contributed by atoms with E-state index < -0.39 is 18.0 Å². The minimum atomic E-state index is -1.08. The van der Waals surface area contributed by atoms with Gasteiger partial charge in [0.15, 0.2) is 6.23 Å². The Kier molecular flexibility index (Phi) is 10.00. The van der Waals surface area contributed by atoms with Crippen LogP contribution in [0.5, 0.6) is 0 Å². The topological polar surface area (TPSA) is 124 Å². The first-order chi connectivity index (χ1) is 17.3. The van der Waals surface area contributed by atoms with Gasteiger partial charge in [0.05, 0.1) is 12.8 Å². The highest BCUT2D eigenvalue weighted by molar-refractivity contribution is 6.02. The monoisotopic (exact) mass is 496 g/mol. The van der Waals surface area contributed by atoms with E-state index in [-0.39, 0.29) is 25.0 Å². The van der Waals surface area contributed by atoms with E-state index in [4.69, 9.17) is 14.9 Å². The van der Waals surface area contributed by atoms with E-state index in [1.807, 2.05) is 36.4 Å². The predicted molar refractivity (Wildman–Crippen MR) is 131 cm³/mol. The third-order valence-corrected chi connectivity index (χ3v) is 6.33. The van der Waals surface area contributed by atoms with Crippen molar-refractivity contribution in [2.24, 2.45) is 5.92 Å². The van der Waals surface area contributed by atoms with Gasteiger partial charge in [-0.2, -0.15) is 0 Å². The molecule has 0 radical (unpaired) electrons. The molecule has 3 heterocycles. The Morgan fingerprint density at radius 3 is 1.92 bits per heavy atom. The average Bonchev–Trinajstić information content (AvgIpc) is 2.89. The summed E-state index contributed by atoms with van der Waals surface area (Å²) < 4.78 is 5.81. The maximum Gasteiger partial charge on any atom is 0.418 e. The molecule has 3 aliphatic heterocycles. The van der Waals surface area contributed by atoms with E-state index in [1.165, 1.54) is 17.7 Å². The molecule has 3 aliphatic rings. The van der Waals surface area contributed by atoms with Crippen molar-refractivity contribution in [1.82, 2.24) is 9.80 Å². The van der Waals surface area contributed by atoms with Crippen molar-refractivity contribution < 1.29 is 34.1 Å². The lowest BCUT2D eigenvalue weighted by Crippen LogP contribution is -2.52. The van der Waals surface area contributed by atoms with Crippen LogP contribution in [0, 0.1) is 5.92 Å². The fourth-order valence-electron chi connectivity index (χ4n) is 4.33. The van der Waals surface area contributed by atoms with E-state index in [2.05, 4.69) is 4.90 Å². The van der Waals surface area contributed by atoms with E-state index in [9.17, 15) is 19.2 Å². The van der Waals surface area contributed by atoms with Crippen LogP contribution in [0.2, 0.25) is 0 Å². The summed E-state index contributed by atoms with van der Waals surface area (Å²) in [7, 11) is 0. The highest BCUT2D eigenvalue weighted by Crippen LogP contribution is 2.32. The maximum absolute atomic E-state index is 13.0. The van der Waals surface area contributed by atoms with Gasteiger partial charge in [-0.1, -0.05) is 48.5 Å². The number of piperidine rings is 3. The van der Waals surface area contributed by atoms with Crippen LogP contribution in [0.4, 0.5) is 4.79 Å². The van der Waals surface area contributed by atoms with Gasteiger partial charge in [-0.25, -0.2) is 9.69 Å². The highest BCUT2D eigenvalue weighted by Gasteiger charge is 2.37. The van der Waals surface area contributed by atoms with Gasteiger partial charge in [-0.3, -0.25) is 19.3 Å². The first-order valence-electron chi connectivity index (χ1n) is 12.1. The molecule has 5 rings (SSSR count). The number of carbonyl (C=O) groups is 4. The SMILES string of the molecule is O=C(O)CCC(=O)O.O=C(OC1CC2CCN1CC2)N(CCc1ccccc1)C(=O)c1ccccc1. The summed E-state index contributed by atoms with van der Waals surface area (Å²) in [6, 6.07) is 18.8. The molecule has 2 aromatic rings. The summed E-state index contributed by atoms with van der Waals surface area (Å²) in [6.07, 6.45) is 2.49. The molecule has 3 saturated heterocycles. The molecule has 0 spiro atoms. The first-order valence-corrected chi connectivity index (χ1v) is 12.1. The van der Waals surface area contributed by atoms with Crippen molar-refractivity contribution in [2.75, 3.05) is 19.6 Å². The van der Waals surface area contributed by atoms with E-state index in [1.54, 1.807) is 24.3 Å². The van der Waals surface area contributed by atoms with Crippen molar-refractivity contribution >= 4 is 23.9 Å². The summed E-state index contributed by atoms with van der Waals surface area (Å²) >= 11 is 0. The number of imide groups is 1. The van der Waals surface area contributed by atoms with Gasteiger partial charge in [0.1, 0.15) is 0 Å². The molecule has 0 aromatic heterocycles. The molecule has 192 valence electrons. The van der Waals surface area contributed by atoms with Crippen LogP contribution >= 0.6 is 0 Å². The Bertz CT molecular complexity index is 1010. The number of aliphatic carboxylic acids is 2. The van der Waals surface area contributed by atoms with Crippen molar-refractivity contribution in [3.8, 4) is 0 Å². The van der Waals surface area contributed by atoms with Crippen LogP contribution < -0.4 is 0 Å². The molecule has 9 heteroatoms. The number of carbonyl (C=O) groups excluding carboxylic acids is 2. The molecule has 1 atom stereocenters. The number of rotatable bonds is 8. The van der Waals surface area contributed by atoms with Crippen LogP contribution in [0.25, 0.3) is 0 Å². The number of carboxylic acid groups (broad SMARTS) is 2. The van der Waals surface area contributed by atoms with Crippen molar-refractivity contribution in [3.63, 3.8) is 0 Å². The largest absolute Gasteiger partial charge is 0.481 e. The normalized spacial score (nSPS) is 19.9. The van der Waals surface area contributed by atoms with Gasteiger partial charge in [0.25, 0.3) is 5.91 Å². The molecule has 9 nitrogen and oxygen atoms in total. The maximum atomic E-state index is 13.0. The number of ether oxygens (including phenoxy) is 1. The van der Waals surface area contributed by atoms with E-state index >= 15 is 0 Å². The van der Waals surface area contributed by atoms with Crippen LogP contribution in [0.3, 0.4) is 0 Å². The van der Waals surface area contributed by atoms with E-state index in [0.717, 1.165) is 25.1 Å². The fraction of sp³-hybridized carbons (Fsp3) is 0.407. The van der Waals surface area contributed by atoms with Crippen LogP contribution in [-0.4, -0.2) is 69.8 Å². The second-order valence-electron chi connectivity index (χ2n) is 8.90. The molecule has 2 N–H and O–H groups in total. The molecule has 1 unspecified atom stereocenters. The average molecular weight is 497 g/mol. The third-order valence-electron chi connectivity index (χ3n) is 6.33. The van der Waals surface area contributed by atoms with Crippen LogP contribution in [0.1, 0.15) is 48.0 Å². The van der Waals surface area contributed by atoms with Crippen LogP contribution in [-0.2, 0) is 20.7 Å². The molecule has 2 aromatic carbocycles. The Balaban J connectivity index is 0.000000392. The number of amides is 2. The second-order valence-corrected chi connectivity index (χ2v) is 8.90. The Hall–Kier alpha value is -3.72. The lowest BCUT2D eigenvalue weighted by molar-refractivity contribution is -0.143. The van der Waals surface area contributed by atoms with Crippen molar-refractivity contribution in [2.45, 2.75) is 44.8 Å². The minimum Gasteiger partial charge on any atom is -0.481 e. The van der Waals surface area contributed by atoms with Gasteiger partial charge >= 0.3 is 18.0 Å². The number of nitrogens with zero attached hydrogens (tertiary/aromatic N) is 2. The molecular weight excluding hydrogens is 464 g/mol. The lowest BCUT2D eigenvalue weighted by Gasteiger charge is -2.44. The molecule has 2 bridgehead atoms. The standard InChI is InChI=1S/C23H26N2O3.C4H6O4/c26-22(20-9-5-2-6-10-20)25(16-13-18-7-3-1-4-8-18)23(27)28-21-17-19-11-14-24(21)15-12-19;5-3(6)1-2-4(7)8/h1-10,19,21H,11-17H2;1-2H2,(H,5,6)(H,7,8). The number of fused-ring (bicyclic) bond motifs is 3. The van der Waals surface area contributed by atoms with Crippen LogP contribution in [0.15, 0.2) is 60.7 Å². The Labute approximate surface area is 210 Å². The molecule has 0 aliphatic carbocycles. The van der Waals surface area contributed by atoms with Crippen molar-refractivity contribution in [1.29, 1.82) is 0 Å². The minimum absolute atomic E-state index is 0.206. The second kappa shape index (κ2) is 13.4. The number of carboxylic acids is 2. The number of benzene rings is 2. The Morgan fingerprint density at radius 1 is 0.861 bits per heavy atom. The number of hydrogen-bond donors (Lipinski definition) is 2. The summed E-state index contributed by atoms with van der Waals surface area (Å²) in [6.45, 7) is 2.24. The fourth-order valence-corrected chi connectivity index (χ4v) is 4.33. The summed E-state index contributed by atoms with van der Waals surface area (Å²) in [4.78, 5) is 48.8. The van der Waals surface area contributed by atoms with Crippen molar-refractivity contribution in [3.05, 3.63) is 71.8 Å². The zero-order valence-corrected chi connectivity index (χ0v) is 20.1. The molecule has 2 amide bonds. The summed E-state index contributed by atoms with van der Waals surface area (Å²) in [5, 5.41) is 15.8. The zero-order valence-electron chi connectivity index (χ0n) is 20.1. The van der Waals surface area contributed by atoms with Gasteiger partial charge in [0, 0.05) is 31.6 Å². The Morgan fingerprint density at radius 2 is 1.42 bits per heavy atom. The van der Waals surface area contributed by atoms with Gasteiger partial charge < -0.3 is 14.9 Å². The molecular formula is C27H32N2O7. The highest BCUT2D eigenvalue weighted by atomic mass is 16.6. The predicted octanol–water partition coefficient (Wildman–Crippen LogP) is 3.89. The molecule has 36 heavy (non-hydrogen) atoms. The van der Waals surface area contributed by atoms with Gasteiger partial charge in [-0.05, 0) is 42.9 Å². The van der Waals surface area contributed by atoms with E-state index in [0.29, 0.717) is 24.4 Å². The van der Waals surface area contributed by atoms with Gasteiger partial charge in [-0.15, -0.1) is 0 Å². The smallest absolute Gasteiger partial charge is 0.418 e. The third kappa shape index (κ3) is 8.20. The number of hydrogen-bond acceptors (Lipinski definition) is 6. The summed E-state index contributed by atoms with van der Waals surface area (Å²) in [5.74, 6) is -1.83. The zero-order chi connectivity index (χ0) is 25.9. The molecule has 3 fully saturated rings.